The number of carboxylic acid groups (broad SMARTS) is 1. The molecule has 5 nitrogen and oxygen atoms in total. The van der Waals surface area contributed by atoms with Crippen molar-refractivity contribution in [3.05, 3.63) is 29.6 Å². The van der Waals surface area contributed by atoms with Crippen LogP contribution >= 0.6 is 0 Å². The summed E-state index contributed by atoms with van der Waals surface area (Å²) in [6.45, 7) is 1.67. The van der Waals surface area contributed by atoms with Crippen LogP contribution in [0.3, 0.4) is 0 Å². The molecule has 1 aromatic carbocycles. The Morgan fingerprint density at radius 1 is 1.47 bits per heavy atom. The first-order chi connectivity index (χ1) is 7.93. The van der Waals surface area contributed by atoms with Gasteiger partial charge in [0, 0.05) is 6.07 Å². The number of ether oxygens (including phenoxy) is 1. The third kappa shape index (κ3) is 3.44. The molecule has 17 heavy (non-hydrogen) atoms. The number of primary amides is 1. The second kappa shape index (κ2) is 5.29. The van der Waals surface area contributed by atoms with Gasteiger partial charge in [-0.05, 0) is 18.6 Å². The van der Waals surface area contributed by atoms with Gasteiger partial charge in [0.2, 0.25) is 0 Å². The minimum Gasteiger partial charge on any atom is -0.480 e. The molecule has 1 atom stereocenters. The highest BCUT2D eigenvalue weighted by molar-refractivity contribution is 5.88. The molecule has 6 heteroatoms. The topological polar surface area (TPSA) is 89.6 Å². The summed E-state index contributed by atoms with van der Waals surface area (Å²) in [5, 5.41) is 8.72. The molecule has 92 valence electrons. The Balaban J connectivity index is 2.98. The molecule has 0 radical (unpaired) electrons. The normalized spacial score (nSPS) is 11.9. The van der Waals surface area contributed by atoms with Crippen molar-refractivity contribution in [2.24, 2.45) is 5.73 Å². The Labute approximate surface area is 97.0 Å². The number of hydrogen-bond acceptors (Lipinski definition) is 3. The molecule has 1 amide bonds. The van der Waals surface area contributed by atoms with Gasteiger partial charge < -0.3 is 15.6 Å². The molecule has 0 saturated heterocycles. The first-order valence-electron chi connectivity index (χ1n) is 4.94. The molecule has 1 aromatic rings. The zero-order chi connectivity index (χ0) is 13.0. The molecule has 0 fully saturated rings. The largest absolute Gasteiger partial charge is 0.480 e. The maximum absolute atomic E-state index is 13.1. The van der Waals surface area contributed by atoms with Crippen LogP contribution in [-0.4, -0.2) is 23.1 Å². The van der Waals surface area contributed by atoms with Crippen molar-refractivity contribution in [1.82, 2.24) is 0 Å². The molecule has 0 aliphatic heterocycles. The summed E-state index contributed by atoms with van der Waals surface area (Å²) in [7, 11) is 0. The number of nitrogens with two attached hydrogens (primary N) is 1. The summed E-state index contributed by atoms with van der Waals surface area (Å²) in [5.74, 6) is -2.75. The van der Waals surface area contributed by atoms with Crippen molar-refractivity contribution >= 4 is 11.9 Å². The fraction of sp³-hybridized carbons (Fsp3) is 0.273. The third-order valence-electron chi connectivity index (χ3n) is 2.08. The lowest BCUT2D eigenvalue weighted by atomic mass is 10.2. The van der Waals surface area contributed by atoms with Crippen LogP contribution in [0, 0.1) is 5.82 Å². The van der Waals surface area contributed by atoms with Crippen LogP contribution in [0.15, 0.2) is 18.2 Å². The van der Waals surface area contributed by atoms with Crippen molar-refractivity contribution in [3.8, 4) is 5.75 Å². The predicted molar refractivity (Wildman–Crippen MR) is 57.3 cm³/mol. The average molecular weight is 241 g/mol. The number of benzene rings is 1. The standard InChI is InChI=1S/C11H12FNO4/c1-2-9(10(13)14)17-8-4-6(11(15)16)3-7(12)5-8/h3-5,9H,2H2,1H3,(H2,13,14)(H,15,16). The highest BCUT2D eigenvalue weighted by Crippen LogP contribution is 2.18. The van der Waals surface area contributed by atoms with E-state index in [2.05, 4.69) is 0 Å². The van der Waals surface area contributed by atoms with Crippen molar-refractivity contribution in [2.75, 3.05) is 0 Å². The Morgan fingerprint density at radius 2 is 2.12 bits per heavy atom. The van der Waals surface area contributed by atoms with Gasteiger partial charge in [0.15, 0.2) is 6.10 Å². The number of rotatable bonds is 5. The van der Waals surface area contributed by atoms with E-state index in [1.165, 1.54) is 0 Å². The summed E-state index contributed by atoms with van der Waals surface area (Å²) in [5.41, 5.74) is 4.81. The van der Waals surface area contributed by atoms with Crippen LogP contribution in [0.5, 0.6) is 5.75 Å². The van der Waals surface area contributed by atoms with Crippen molar-refractivity contribution in [1.29, 1.82) is 0 Å². The quantitative estimate of drug-likeness (QED) is 0.809. The Kier molecular flexibility index (Phi) is 4.03. The van der Waals surface area contributed by atoms with E-state index in [1.807, 2.05) is 0 Å². The second-order valence-corrected chi connectivity index (χ2v) is 3.40. The number of carbonyl (C=O) groups is 2. The smallest absolute Gasteiger partial charge is 0.335 e. The van der Waals surface area contributed by atoms with Gasteiger partial charge in [-0.1, -0.05) is 6.92 Å². The minimum atomic E-state index is -1.28. The van der Waals surface area contributed by atoms with Crippen LogP contribution in [0.2, 0.25) is 0 Å². The highest BCUT2D eigenvalue weighted by atomic mass is 19.1. The summed E-state index contributed by atoms with van der Waals surface area (Å²) >= 11 is 0. The number of hydrogen-bond donors (Lipinski definition) is 2. The molecule has 0 saturated carbocycles. The molecular formula is C11H12FNO4. The Hall–Kier alpha value is -2.11. The van der Waals surface area contributed by atoms with Crippen LogP contribution in [0.4, 0.5) is 4.39 Å². The second-order valence-electron chi connectivity index (χ2n) is 3.40. The lowest BCUT2D eigenvalue weighted by molar-refractivity contribution is -0.124. The highest BCUT2D eigenvalue weighted by Gasteiger charge is 2.16. The summed E-state index contributed by atoms with van der Waals surface area (Å²) < 4.78 is 18.2. The molecule has 0 heterocycles. The maximum Gasteiger partial charge on any atom is 0.335 e. The molecule has 0 aliphatic rings. The van der Waals surface area contributed by atoms with E-state index < -0.39 is 23.8 Å². The third-order valence-corrected chi connectivity index (χ3v) is 2.08. The summed E-state index contributed by atoms with van der Waals surface area (Å²) in [6, 6.07) is 3.00. The first-order valence-corrected chi connectivity index (χ1v) is 4.94. The molecule has 1 rings (SSSR count). The van der Waals surface area contributed by atoms with Gasteiger partial charge in [0.1, 0.15) is 11.6 Å². The fourth-order valence-electron chi connectivity index (χ4n) is 1.26. The molecule has 0 aliphatic carbocycles. The van der Waals surface area contributed by atoms with Crippen LogP contribution in [0.25, 0.3) is 0 Å². The Morgan fingerprint density at radius 3 is 2.59 bits per heavy atom. The van der Waals surface area contributed by atoms with E-state index in [0.29, 0.717) is 6.42 Å². The minimum absolute atomic E-state index is 0.0342. The number of carboxylic acids is 1. The van der Waals surface area contributed by atoms with Gasteiger partial charge in [0.05, 0.1) is 5.56 Å². The zero-order valence-corrected chi connectivity index (χ0v) is 9.14. The molecule has 3 N–H and O–H groups in total. The molecular weight excluding hydrogens is 229 g/mol. The maximum atomic E-state index is 13.1. The zero-order valence-electron chi connectivity index (χ0n) is 9.14. The molecule has 1 unspecified atom stereocenters. The van der Waals surface area contributed by atoms with Crippen LogP contribution in [-0.2, 0) is 4.79 Å². The summed E-state index contributed by atoms with van der Waals surface area (Å²) in [4.78, 5) is 21.6. The molecule has 0 spiro atoms. The monoisotopic (exact) mass is 241 g/mol. The molecule has 0 aromatic heterocycles. The van der Waals surface area contributed by atoms with Gasteiger partial charge in [-0.25, -0.2) is 9.18 Å². The van der Waals surface area contributed by atoms with Gasteiger partial charge >= 0.3 is 5.97 Å². The van der Waals surface area contributed by atoms with E-state index >= 15 is 0 Å². The lowest BCUT2D eigenvalue weighted by Gasteiger charge is -2.14. The van der Waals surface area contributed by atoms with Crippen LogP contribution in [0.1, 0.15) is 23.7 Å². The van der Waals surface area contributed by atoms with Gasteiger partial charge in [-0.2, -0.15) is 0 Å². The van der Waals surface area contributed by atoms with E-state index in [1.54, 1.807) is 6.92 Å². The summed E-state index contributed by atoms with van der Waals surface area (Å²) in [6.07, 6.45) is -0.590. The van der Waals surface area contributed by atoms with Gasteiger partial charge in [-0.15, -0.1) is 0 Å². The van der Waals surface area contributed by atoms with E-state index in [0.717, 1.165) is 18.2 Å². The van der Waals surface area contributed by atoms with Crippen molar-refractivity contribution in [3.63, 3.8) is 0 Å². The van der Waals surface area contributed by atoms with E-state index in [-0.39, 0.29) is 11.3 Å². The average Bonchev–Trinajstić information content (AvgIpc) is 2.24. The van der Waals surface area contributed by atoms with Gasteiger partial charge in [-0.3, -0.25) is 4.79 Å². The fourth-order valence-corrected chi connectivity index (χ4v) is 1.26. The van der Waals surface area contributed by atoms with Crippen molar-refractivity contribution in [2.45, 2.75) is 19.4 Å². The lowest BCUT2D eigenvalue weighted by Crippen LogP contribution is -2.33. The van der Waals surface area contributed by atoms with Crippen LogP contribution < -0.4 is 10.5 Å². The number of amides is 1. The van der Waals surface area contributed by atoms with Gasteiger partial charge in [0.25, 0.3) is 5.91 Å². The predicted octanol–water partition coefficient (Wildman–Crippen LogP) is 1.17. The number of halogens is 1. The Bertz CT molecular complexity index is 447. The van der Waals surface area contributed by atoms with E-state index in [4.69, 9.17) is 15.6 Å². The first kappa shape index (κ1) is 13.0. The number of aromatic carboxylic acids is 1. The van der Waals surface area contributed by atoms with E-state index in [9.17, 15) is 14.0 Å². The number of carbonyl (C=O) groups excluding carboxylic acids is 1. The molecule has 0 bridgehead atoms. The van der Waals surface area contributed by atoms with Crippen molar-refractivity contribution < 1.29 is 23.8 Å². The SMILES string of the molecule is CCC(Oc1cc(F)cc(C(=O)O)c1)C(N)=O.